The zero-order valence-electron chi connectivity index (χ0n) is 6.72. The molecule has 1 rings (SSSR count). The Bertz CT molecular complexity index is 338. The number of hydrogen-bond donors (Lipinski definition) is 0. The quantitative estimate of drug-likeness (QED) is 0.668. The van der Waals surface area contributed by atoms with Crippen LogP contribution in [0.3, 0.4) is 0 Å². The van der Waals surface area contributed by atoms with E-state index in [0.717, 1.165) is 6.07 Å². The van der Waals surface area contributed by atoms with Crippen molar-refractivity contribution in [3.8, 4) is 0 Å². The molecule has 0 spiro atoms. The molecule has 0 fully saturated rings. The topological polar surface area (TPSA) is 30.0 Å². The first kappa shape index (κ1) is 9.70. The summed E-state index contributed by atoms with van der Waals surface area (Å²) in [5, 5.41) is 0. The number of pyridine rings is 1. The fourth-order valence-corrected chi connectivity index (χ4v) is 0.886. The maximum absolute atomic E-state index is 12.8. The summed E-state index contributed by atoms with van der Waals surface area (Å²) in [6.07, 6.45) is -2.58. The Morgan fingerprint density at radius 2 is 2.15 bits per heavy atom. The van der Waals surface area contributed by atoms with Crippen molar-refractivity contribution in [2.24, 2.45) is 0 Å². The molecule has 0 aliphatic carbocycles. The van der Waals surface area contributed by atoms with Gasteiger partial charge in [0.1, 0.15) is 5.69 Å². The van der Waals surface area contributed by atoms with Crippen molar-refractivity contribution in [2.45, 2.75) is 13.3 Å². The number of nitrogens with zero attached hydrogens (tertiary/aromatic N) is 1. The zero-order valence-corrected chi connectivity index (χ0v) is 6.72. The van der Waals surface area contributed by atoms with Crippen LogP contribution in [0.5, 0.6) is 0 Å². The van der Waals surface area contributed by atoms with E-state index in [1.165, 1.54) is 6.92 Å². The van der Waals surface area contributed by atoms with Crippen molar-refractivity contribution in [1.82, 2.24) is 4.98 Å². The summed E-state index contributed by atoms with van der Waals surface area (Å²) in [7, 11) is 0. The summed E-state index contributed by atoms with van der Waals surface area (Å²) in [6, 6.07) is 0.761. The summed E-state index contributed by atoms with van der Waals surface area (Å²) < 4.78 is 36.9. The van der Waals surface area contributed by atoms with Crippen LogP contribution in [0, 0.1) is 12.7 Å². The van der Waals surface area contributed by atoms with Crippen molar-refractivity contribution in [1.29, 1.82) is 0 Å². The van der Waals surface area contributed by atoms with Crippen LogP contribution in [0.15, 0.2) is 6.07 Å². The summed E-state index contributed by atoms with van der Waals surface area (Å²) in [4.78, 5) is 13.6. The van der Waals surface area contributed by atoms with Crippen LogP contribution in [0.1, 0.15) is 28.2 Å². The molecular weight excluding hydrogens is 183 g/mol. The summed E-state index contributed by atoms with van der Waals surface area (Å²) in [5.41, 5.74) is -0.822. The van der Waals surface area contributed by atoms with Gasteiger partial charge in [-0.2, -0.15) is 0 Å². The van der Waals surface area contributed by atoms with Crippen LogP contribution in [0.2, 0.25) is 0 Å². The third kappa shape index (κ3) is 1.85. The molecule has 2 nitrogen and oxygen atoms in total. The number of hydrogen-bond acceptors (Lipinski definition) is 2. The molecule has 0 radical (unpaired) electrons. The van der Waals surface area contributed by atoms with Gasteiger partial charge in [-0.25, -0.2) is 18.2 Å². The molecule has 0 atom stereocenters. The highest BCUT2D eigenvalue weighted by molar-refractivity contribution is 5.76. The minimum atomic E-state index is -2.96. The molecule has 0 aliphatic heterocycles. The van der Waals surface area contributed by atoms with Crippen LogP contribution < -0.4 is 0 Å². The first-order chi connectivity index (χ1) is 6.06. The van der Waals surface area contributed by atoms with Gasteiger partial charge in [0.05, 0.1) is 0 Å². The lowest BCUT2D eigenvalue weighted by atomic mass is 10.2. The third-order valence-corrected chi connectivity index (χ3v) is 1.57. The van der Waals surface area contributed by atoms with Gasteiger partial charge in [-0.1, -0.05) is 0 Å². The fourth-order valence-electron chi connectivity index (χ4n) is 0.886. The average Bonchev–Trinajstić information content (AvgIpc) is 2.07. The minimum Gasteiger partial charge on any atom is -0.298 e. The molecule has 0 N–H and O–H groups in total. The Kier molecular flexibility index (Phi) is 2.65. The number of carbonyl (C=O) groups excluding carboxylic acids is 1. The summed E-state index contributed by atoms with van der Waals surface area (Å²) in [5.74, 6) is -1.15. The molecule has 0 unspecified atom stereocenters. The lowest BCUT2D eigenvalue weighted by molar-refractivity contribution is 0.111. The van der Waals surface area contributed by atoms with Crippen LogP contribution >= 0.6 is 0 Å². The molecule has 0 aromatic carbocycles. The molecule has 1 heterocycles. The predicted molar refractivity (Wildman–Crippen MR) is 39.3 cm³/mol. The third-order valence-electron chi connectivity index (χ3n) is 1.57. The molecule has 13 heavy (non-hydrogen) atoms. The van der Waals surface area contributed by atoms with Gasteiger partial charge in [0.2, 0.25) is 0 Å². The first-order valence-electron chi connectivity index (χ1n) is 3.46. The van der Waals surface area contributed by atoms with Crippen LogP contribution in [-0.2, 0) is 0 Å². The van der Waals surface area contributed by atoms with E-state index in [1.807, 2.05) is 0 Å². The van der Waals surface area contributed by atoms with E-state index in [0.29, 0.717) is 6.29 Å². The molecule has 0 bridgehead atoms. The zero-order chi connectivity index (χ0) is 10.0. The van der Waals surface area contributed by atoms with Crippen LogP contribution in [-0.4, -0.2) is 11.3 Å². The van der Waals surface area contributed by atoms with Gasteiger partial charge in [-0.15, -0.1) is 0 Å². The van der Waals surface area contributed by atoms with Crippen molar-refractivity contribution in [3.63, 3.8) is 0 Å². The van der Waals surface area contributed by atoms with Gasteiger partial charge >= 0.3 is 0 Å². The van der Waals surface area contributed by atoms with Crippen LogP contribution in [0.4, 0.5) is 13.2 Å². The van der Waals surface area contributed by atoms with Gasteiger partial charge < -0.3 is 0 Å². The largest absolute Gasteiger partial charge is 0.298 e. The summed E-state index contributed by atoms with van der Waals surface area (Å²) >= 11 is 0. The first-order valence-corrected chi connectivity index (χ1v) is 3.46. The Labute approximate surface area is 72.4 Å². The van der Waals surface area contributed by atoms with Gasteiger partial charge in [-0.3, -0.25) is 4.79 Å². The Morgan fingerprint density at radius 1 is 1.54 bits per heavy atom. The number of halogens is 3. The van der Waals surface area contributed by atoms with E-state index >= 15 is 0 Å². The normalized spacial score (nSPS) is 10.5. The van der Waals surface area contributed by atoms with Crippen molar-refractivity contribution >= 4 is 6.29 Å². The average molecular weight is 189 g/mol. The van der Waals surface area contributed by atoms with E-state index in [1.54, 1.807) is 0 Å². The molecule has 0 saturated carbocycles. The van der Waals surface area contributed by atoms with E-state index in [-0.39, 0.29) is 11.3 Å². The maximum Gasteiger partial charge on any atom is 0.283 e. The lowest BCUT2D eigenvalue weighted by Crippen LogP contribution is -2.01. The standard InChI is InChI=1S/C8H6F3NO/c1-4-5(3-13)2-6(9)7(12-4)8(10)11/h2-3,8H,1H3. The number of rotatable bonds is 2. The SMILES string of the molecule is Cc1nc(C(F)F)c(F)cc1C=O. The van der Waals surface area contributed by atoms with E-state index in [9.17, 15) is 18.0 Å². The van der Waals surface area contributed by atoms with Crippen molar-refractivity contribution in [2.75, 3.05) is 0 Å². The second-order valence-corrected chi connectivity index (χ2v) is 2.45. The number of aryl methyl sites for hydroxylation is 1. The molecule has 1 aromatic rings. The van der Waals surface area contributed by atoms with Gasteiger partial charge in [0, 0.05) is 11.3 Å². The monoisotopic (exact) mass is 189 g/mol. The van der Waals surface area contributed by atoms with Gasteiger partial charge in [0.25, 0.3) is 6.43 Å². The molecule has 70 valence electrons. The molecule has 5 heteroatoms. The molecule has 1 aromatic heterocycles. The Morgan fingerprint density at radius 3 is 2.62 bits per heavy atom. The lowest BCUT2D eigenvalue weighted by Gasteiger charge is -2.03. The highest BCUT2D eigenvalue weighted by Gasteiger charge is 2.16. The smallest absolute Gasteiger partial charge is 0.283 e. The van der Waals surface area contributed by atoms with E-state index in [4.69, 9.17) is 0 Å². The number of alkyl halides is 2. The van der Waals surface area contributed by atoms with Gasteiger partial charge in [0.15, 0.2) is 12.1 Å². The van der Waals surface area contributed by atoms with Crippen LogP contribution in [0.25, 0.3) is 0 Å². The second-order valence-electron chi connectivity index (χ2n) is 2.45. The highest BCUT2D eigenvalue weighted by atomic mass is 19.3. The Balaban J connectivity index is 3.28. The second kappa shape index (κ2) is 3.55. The molecule has 0 saturated heterocycles. The number of carbonyl (C=O) groups is 1. The van der Waals surface area contributed by atoms with E-state index < -0.39 is 17.9 Å². The van der Waals surface area contributed by atoms with E-state index in [2.05, 4.69) is 4.98 Å². The molecular formula is C8H6F3NO. The summed E-state index contributed by atoms with van der Waals surface area (Å²) in [6.45, 7) is 1.37. The molecule has 0 amide bonds. The Hall–Kier alpha value is -1.39. The fraction of sp³-hybridized carbons (Fsp3) is 0.250. The minimum absolute atomic E-state index is 0.0121. The predicted octanol–water partition coefficient (Wildman–Crippen LogP) is 2.28. The maximum atomic E-state index is 12.8. The number of aldehydes is 1. The van der Waals surface area contributed by atoms with Gasteiger partial charge in [-0.05, 0) is 13.0 Å². The van der Waals surface area contributed by atoms with Crippen molar-refractivity contribution in [3.05, 3.63) is 28.8 Å². The molecule has 0 aliphatic rings. The number of aromatic nitrogens is 1. The van der Waals surface area contributed by atoms with Crippen molar-refractivity contribution < 1.29 is 18.0 Å². The highest BCUT2D eigenvalue weighted by Crippen LogP contribution is 2.21.